The van der Waals surface area contributed by atoms with E-state index in [1.165, 1.54) is 0 Å². The maximum atomic E-state index is 8.76. The van der Waals surface area contributed by atoms with E-state index in [0.29, 0.717) is 5.92 Å². The van der Waals surface area contributed by atoms with Gasteiger partial charge in [-0.25, -0.2) is 0 Å². The highest BCUT2D eigenvalue weighted by atomic mass is 16.7. The van der Waals surface area contributed by atoms with E-state index in [9.17, 15) is 0 Å². The van der Waals surface area contributed by atoms with Gasteiger partial charge >= 0.3 is 0 Å². The molecule has 0 spiro atoms. The van der Waals surface area contributed by atoms with Crippen molar-refractivity contribution in [1.29, 1.82) is 0 Å². The molecule has 0 aromatic rings. The Kier molecular flexibility index (Phi) is 2.41. The first-order valence-corrected chi connectivity index (χ1v) is 4.82. The van der Waals surface area contributed by atoms with E-state index in [-0.39, 0.29) is 31.0 Å². The lowest BCUT2D eigenvalue weighted by molar-refractivity contribution is 0.240. The van der Waals surface area contributed by atoms with Crippen LogP contribution in [0.15, 0.2) is 12.2 Å². The van der Waals surface area contributed by atoms with E-state index in [0.717, 1.165) is 0 Å². The summed E-state index contributed by atoms with van der Waals surface area (Å²) in [6.07, 6.45) is 4.83. The van der Waals surface area contributed by atoms with Crippen LogP contribution in [0.25, 0.3) is 0 Å². The van der Waals surface area contributed by atoms with E-state index in [2.05, 4.69) is 26.0 Å². The minimum Gasteiger partial charge on any atom is -0.394 e. The molecule has 0 bridgehead atoms. The van der Waals surface area contributed by atoms with E-state index in [1.54, 1.807) is 0 Å². The van der Waals surface area contributed by atoms with Crippen molar-refractivity contribution in [3.8, 4) is 0 Å². The van der Waals surface area contributed by atoms with Crippen molar-refractivity contribution >= 4 is 0 Å². The predicted molar refractivity (Wildman–Crippen MR) is 48.4 cm³/mol. The van der Waals surface area contributed by atoms with Gasteiger partial charge in [-0.05, 0) is 5.92 Å². The van der Waals surface area contributed by atoms with Crippen LogP contribution >= 0.6 is 0 Å². The SMILES string of the molecule is CC(C)/C=C/[C@H]1O[C@@H]1[C@H]1O[C@@H]1CO. The molecule has 0 radical (unpaired) electrons. The molecule has 2 saturated heterocycles. The average molecular weight is 184 g/mol. The Labute approximate surface area is 78.3 Å². The molecule has 4 atom stereocenters. The number of hydrogen-bond acceptors (Lipinski definition) is 3. The van der Waals surface area contributed by atoms with Crippen molar-refractivity contribution in [2.45, 2.75) is 38.3 Å². The van der Waals surface area contributed by atoms with Gasteiger partial charge in [-0.2, -0.15) is 0 Å². The molecule has 74 valence electrons. The second-order valence-electron chi connectivity index (χ2n) is 4.02. The fourth-order valence-electron chi connectivity index (χ4n) is 1.48. The highest BCUT2D eigenvalue weighted by molar-refractivity contribution is 5.11. The number of ether oxygens (including phenoxy) is 2. The minimum absolute atomic E-state index is 0.0300. The van der Waals surface area contributed by atoms with Crippen LogP contribution in [-0.2, 0) is 9.47 Å². The van der Waals surface area contributed by atoms with Gasteiger partial charge in [-0.3, -0.25) is 0 Å². The van der Waals surface area contributed by atoms with Gasteiger partial charge in [-0.15, -0.1) is 0 Å². The number of epoxide rings is 2. The highest BCUT2D eigenvalue weighted by Crippen LogP contribution is 2.39. The van der Waals surface area contributed by atoms with Gasteiger partial charge in [0, 0.05) is 0 Å². The second-order valence-corrected chi connectivity index (χ2v) is 4.02. The van der Waals surface area contributed by atoms with Crippen LogP contribution in [0.3, 0.4) is 0 Å². The largest absolute Gasteiger partial charge is 0.394 e. The molecule has 3 nitrogen and oxygen atoms in total. The van der Waals surface area contributed by atoms with E-state index < -0.39 is 0 Å². The van der Waals surface area contributed by atoms with Gasteiger partial charge < -0.3 is 14.6 Å². The molecule has 2 aliphatic rings. The molecule has 2 aliphatic heterocycles. The van der Waals surface area contributed by atoms with Crippen molar-refractivity contribution in [3.63, 3.8) is 0 Å². The summed E-state index contributed by atoms with van der Waals surface area (Å²) in [4.78, 5) is 0. The summed E-state index contributed by atoms with van der Waals surface area (Å²) in [5.41, 5.74) is 0. The zero-order valence-corrected chi connectivity index (χ0v) is 8.01. The molecular formula is C10H16O3. The Balaban J connectivity index is 1.71. The number of rotatable bonds is 4. The molecule has 0 saturated carbocycles. The molecule has 1 N–H and O–H groups in total. The first-order valence-electron chi connectivity index (χ1n) is 4.82. The van der Waals surface area contributed by atoms with E-state index in [4.69, 9.17) is 14.6 Å². The third-order valence-electron chi connectivity index (χ3n) is 2.37. The topological polar surface area (TPSA) is 45.3 Å². The highest BCUT2D eigenvalue weighted by Gasteiger charge is 2.55. The fraction of sp³-hybridized carbons (Fsp3) is 0.800. The minimum atomic E-state index is 0.0300. The van der Waals surface area contributed by atoms with Gasteiger partial charge in [0.05, 0.1) is 6.61 Å². The molecule has 2 heterocycles. The first kappa shape index (κ1) is 9.19. The van der Waals surface area contributed by atoms with Gasteiger partial charge in [-0.1, -0.05) is 26.0 Å². The summed E-state index contributed by atoms with van der Waals surface area (Å²) in [5.74, 6) is 0.568. The summed E-state index contributed by atoms with van der Waals surface area (Å²) >= 11 is 0. The monoisotopic (exact) mass is 184 g/mol. The van der Waals surface area contributed by atoms with Crippen LogP contribution in [-0.4, -0.2) is 36.1 Å². The molecule has 0 aromatic carbocycles. The molecule has 0 aromatic heterocycles. The Morgan fingerprint density at radius 1 is 1.31 bits per heavy atom. The smallest absolute Gasteiger partial charge is 0.117 e. The van der Waals surface area contributed by atoms with Crippen molar-refractivity contribution in [2.75, 3.05) is 6.61 Å². The zero-order valence-electron chi connectivity index (χ0n) is 8.01. The summed E-state index contributed by atoms with van der Waals surface area (Å²) < 4.78 is 10.6. The Bertz CT molecular complexity index is 212. The molecule has 0 amide bonds. The van der Waals surface area contributed by atoms with Gasteiger partial charge in [0.2, 0.25) is 0 Å². The molecule has 0 aliphatic carbocycles. The van der Waals surface area contributed by atoms with Crippen LogP contribution < -0.4 is 0 Å². The third-order valence-corrected chi connectivity index (χ3v) is 2.37. The van der Waals surface area contributed by atoms with Crippen LogP contribution in [0.5, 0.6) is 0 Å². The molecule has 2 rings (SSSR count). The fourth-order valence-corrected chi connectivity index (χ4v) is 1.48. The Morgan fingerprint density at radius 3 is 2.62 bits per heavy atom. The van der Waals surface area contributed by atoms with E-state index in [1.807, 2.05) is 0 Å². The average Bonchev–Trinajstić information content (AvgIpc) is 2.95. The van der Waals surface area contributed by atoms with Gasteiger partial charge in [0.1, 0.15) is 24.4 Å². The molecule has 2 fully saturated rings. The second kappa shape index (κ2) is 3.40. The lowest BCUT2D eigenvalue weighted by atomic mass is 10.1. The number of hydrogen-bond donors (Lipinski definition) is 1. The maximum absolute atomic E-state index is 8.76. The summed E-state index contributed by atoms with van der Waals surface area (Å²) in [6.45, 7) is 4.39. The van der Waals surface area contributed by atoms with Gasteiger partial charge in [0.25, 0.3) is 0 Å². The van der Waals surface area contributed by atoms with Crippen molar-refractivity contribution in [2.24, 2.45) is 5.92 Å². The summed E-state index contributed by atoms with van der Waals surface area (Å²) in [5, 5.41) is 8.76. The number of allylic oxidation sites excluding steroid dienone is 1. The lowest BCUT2D eigenvalue weighted by Crippen LogP contribution is -2.07. The Morgan fingerprint density at radius 2 is 2.08 bits per heavy atom. The lowest BCUT2D eigenvalue weighted by Gasteiger charge is -1.90. The summed E-state index contributed by atoms with van der Waals surface area (Å²) in [7, 11) is 0. The van der Waals surface area contributed by atoms with Crippen molar-refractivity contribution in [3.05, 3.63) is 12.2 Å². The molecular weight excluding hydrogens is 168 g/mol. The van der Waals surface area contributed by atoms with Crippen LogP contribution in [0, 0.1) is 5.92 Å². The molecule has 3 heteroatoms. The quantitative estimate of drug-likeness (QED) is 0.517. The molecule has 0 unspecified atom stereocenters. The third kappa shape index (κ3) is 2.10. The van der Waals surface area contributed by atoms with Crippen LogP contribution in [0.1, 0.15) is 13.8 Å². The Hall–Kier alpha value is -0.380. The first-order chi connectivity index (χ1) is 6.22. The van der Waals surface area contributed by atoms with Crippen LogP contribution in [0.4, 0.5) is 0 Å². The number of aliphatic hydroxyl groups is 1. The standard InChI is InChI=1S/C10H16O3/c1-6(2)3-4-7-9(12-7)10-8(5-11)13-10/h3-4,6-11H,5H2,1-2H3/b4-3+/t7-,8-,9+,10+/m1/s1. The number of aliphatic hydroxyl groups excluding tert-OH is 1. The van der Waals surface area contributed by atoms with E-state index >= 15 is 0 Å². The molecule has 13 heavy (non-hydrogen) atoms. The zero-order chi connectivity index (χ0) is 9.42. The van der Waals surface area contributed by atoms with Crippen molar-refractivity contribution in [1.82, 2.24) is 0 Å². The van der Waals surface area contributed by atoms with Gasteiger partial charge in [0.15, 0.2) is 0 Å². The summed E-state index contributed by atoms with van der Waals surface area (Å²) in [6, 6.07) is 0. The van der Waals surface area contributed by atoms with Crippen LogP contribution in [0.2, 0.25) is 0 Å². The van der Waals surface area contributed by atoms with Crippen molar-refractivity contribution < 1.29 is 14.6 Å². The maximum Gasteiger partial charge on any atom is 0.117 e. The predicted octanol–water partition coefficient (Wildman–Crippen LogP) is 0.726. The normalized spacial score (nSPS) is 43.1.